The maximum atomic E-state index is 13.0. The number of alkyl halides is 3. The molecule has 3 aliphatic rings. The van der Waals surface area contributed by atoms with Gasteiger partial charge in [-0.25, -0.2) is 23.2 Å². The third-order valence-corrected chi connectivity index (χ3v) is 9.04. The van der Waals surface area contributed by atoms with Crippen molar-refractivity contribution in [2.45, 2.75) is 62.5 Å². The van der Waals surface area contributed by atoms with Crippen LogP contribution >= 0.6 is 0 Å². The fraction of sp³-hybridized carbons (Fsp3) is 0.577. The number of piperazine rings is 1. The van der Waals surface area contributed by atoms with Crippen LogP contribution in [-0.2, 0) is 27.3 Å². The van der Waals surface area contributed by atoms with Crippen LogP contribution in [0.4, 0.5) is 23.8 Å². The topological polar surface area (TPSA) is 95.9 Å². The smallest absolute Gasteiger partial charge is 0.434 e. The molecule has 2 aromatic rings. The van der Waals surface area contributed by atoms with E-state index in [-0.39, 0.29) is 29.7 Å². The lowest BCUT2D eigenvalue weighted by atomic mass is 9.61. The summed E-state index contributed by atoms with van der Waals surface area (Å²) in [6.45, 7) is 7.12. The normalized spacial score (nSPS) is 23.8. The summed E-state index contributed by atoms with van der Waals surface area (Å²) < 4.78 is 67.5. The summed E-state index contributed by atoms with van der Waals surface area (Å²) in [5.41, 5.74) is 0.186. The number of hydrogen-bond acceptors (Lipinski definition) is 8. The Morgan fingerprint density at radius 2 is 1.72 bits per heavy atom. The molecule has 3 fully saturated rings. The maximum absolute atomic E-state index is 13.0. The van der Waals surface area contributed by atoms with Gasteiger partial charge in [-0.2, -0.15) is 13.2 Å². The minimum Gasteiger partial charge on any atom is -0.446 e. The van der Waals surface area contributed by atoms with Crippen LogP contribution in [0.5, 0.6) is 0 Å². The number of nitrogens with zero attached hydrogens (tertiary/aromatic N) is 5. The highest BCUT2D eigenvalue weighted by atomic mass is 32.2. The molecule has 2 saturated heterocycles. The van der Waals surface area contributed by atoms with Crippen molar-refractivity contribution in [1.82, 2.24) is 19.8 Å². The van der Waals surface area contributed by atoms with Gasteiger partial charge in [-0.05, 0) is 44.4 Å². The predicted octanol–water partition coefficient (Wildman–Crippen LogP) is 3.60. The number of amides is 1. The summed E-state index contributed by atoms with van der Waals surface area (Å²) in [6, 6.07) is 6.59. The van der Waals surface area contributed by atoms with Crippen molar-refractivity contribution >= 4 is 21.7 Å². The summed E-state index contributed by atoms with van der Waals surface area (Å²) in [5, 5.41) is 0. The monoisotopic (exact) mass is 567 g/mol. The second-order valence-electron chi connectivity index (χ2n) is 11.2. The number of carbonyl (C=O) groups is 1. The first-order chi connectivity index (χ1) is 18.2. The average Bonchev–Trinajstić information content (AvgIpc) is 2.81. The number of benzene rings is 1. The molecule has 0 bridgehead atoms. The molecule has 9 nitrogen and oxygen atoms in total. The largest absolute Gasteiger partial charge is 0.446 e. The number of anilines is 1. The molecule has 1 aromatic carbocycles. The zero-order chi connectivity index (χ0) is 28.2. The van der Waals surface area contributed by atoms with E-state index in [1.807, 2.05) is 30.9 Å². The van der Waals surface area contributed by atoms with E-state index in [1.165, 1.54) is 6.26 Å². The van der Waals surface area contributed by atoms with Gasteiger partial charge in [0.25, 0.3) is 0 Å². The maximum Gasteiger partial charge on any atom is 0.434 e. The Morgan fingerprint density at radius 1 is 1.05 bits per heavy atom. The first kappa shape index (κ1) is 27.6. The highest BCUT2D eigenvalue weighted by Gasteiger charge is 2.54. The molecule has 1 spiro atoms. The molecule has 0 unspecified atom stereocenters. The Balaban J connectivity index is 1.07. The Hall–Kier alpha value is -2.93. The standard InChI is InChI=1S/C26H32F3N5O4S/c1-17-13-34(18(2)12-33(17)23-11-30-22(10-31-23)26(27,28)29)24(35)38-20-8-25(9-20)15-32(16-25)14-19-4-6-21(7-5-19)39(3,36)37/h4-7,10-11,17-18,20H,8-9,12-16H2,1-3H3/t17-,18+/m0/s1. The van der Waals surface area contributed by atoms with Gasteiger partial charge >= 0.3 is 12.3 Å². The van der Waals surface area contributed by atoms with Crippen LogP contribution in [0.1, 0.15) is 37.9 Å². The van der Waals surface area contributed by atoms with Crippen LogP contribution in [0, 0.1) is 5.41 Å². The lowest BCUT2D eigenvalue weighted by molar-refractivity contribution is -0.141. The zero-order valence-corrected chi connectivity index (χ0v) is 22.9. The summed E-state index contributed by atoms with van der Waals surface area (Å²) in [4.78, 5) is 26.6. The molecule has 212 valence electrons. The van der Waals surface area contributed by atoms with E-state index < -0.39 is 21.7 Å². The van der Waals surface area contributed by atoms with Crippen molar-refractivity contribution in [3.63, 3.8) is 0 Å². The summed E-state index contributed by atoms with van der Waals surface area (Å²) in [7, 11) is -3.21. The van der Waals surface area contributed by atoms with Gasteiger partial charge in [0.05, 0.1) is 17.3 Å². The second-order valence-corrected chi connectivity index (χ2v) is 13.3. The second kappa shape index (κ2) is 9.92. The lowest BCUT2D eigenvalue weighted by Crippen LogP contribution is -2.64. The van der Waals surface area contributed by atoms with Gasteiger partial charge in [0.15, 0.2) is 15.5 Å². The molecule has 2 aliphatic heterocycles. The first-order valence-corrected chi connectivity index (χ1v) is 14.8. The molecule has 0 N–H and O–H groups in total. The van der Waals surface area contributed by atoms with Crippen molar-refractivity contribution in [3.8, 4) is 0 Å². The van der Waals surface area contributed by atoms with Gasteiger partial charge in [-0.15, -0.1) is 0 Å². The number of ether oxygens (including phenoxy) is 1. The molecule has 13 heteroatoms. The van der Waals surface area contributed by atoms with Crippen LogP contribution in [-0.4, -0.2) is 84.9 Å². The number of halogens is 3. The molecule has 5 rings (SSSR count). The van der Waals surface area contributed by atoms with Crippen LogP contribution in [0.15, 0.2) is 41.6 Å². The van der Waals surface area contributed by atoms with E-state index in [0.717, 1.165) is 50.4 Å². The number of sulfone groups is 1. The zero-order valence-electron chi connectivity index (χ0n) is 22.1. The summed E-state index contributed by atoms with van der Waals surface area (Å²) in [5.74, 6) is 0.345. The van der Waals surface area contributed by atoms with Crippen molar-refractivity contribution in [1.29, 1.82) is 0 Å². The van der Waals surface area contributed by atoms with Gasteiger partial charge < -0.3 is 14.5 Å². The van der Waals surface area contributed by atoms with Crippen molar-refractivity contribution in [2.24, 2.45) is 5.41 Å². The molecular formula is C26H32F3N5O4S. The lowest BCUT2D eigenvalue weighted by Gasteiger charge is -2.58. The third-order valence-electron chi connectivity index (χ3n) is 7.91. The van der Waals surface area contributed by atoms with E-state index in [0.29, 0.717) is 23.8 Å². The van der Waals surface area contributed by atoms with Gasteiger partial charge in [0.1, 0.15) is 11.9 Å². The molecule has 0 radical (unpaired) electrons. The van der Waals surface area contributed by atoms with Gasteiger partial charge in [0.2, 0.25) is 0 Å². The highest BCUT2D eigenvalue weighted by Crippen LogP contribution is 2.50. The number of hydrogen-bond donors (Lipinski definition) is 0. The van der Waals surface area contributed by atoms with E-state index in [1.54, 1.807) is 17.0 Å². The van der Waals surface area contributed by atoms with E-state index in [9.17, 15) is 26.4 Å². The molecule has 39 heavy (non-hydrogen) atoms. The molecule has 1 aliphatic carbocycles. The highest BCUT2D eigenvalue weighted by molar-refractivity contribution is 7.90. The number of likely N-dealkylation sites (tertiary alicyclic amines) is 1. The molecule has 1 amide bonds. The number of aromatic nitrogens is 2. The van der Waals surface area contributed by atoms with Crippen LogP contribution in [0.3, 0.4) is 0 Å². The van der Waals surface area contributed by atoms with Gasteiger partial charge in [-0.1, -0.05) is 12.1 Å². The quantitative estimate of drug-likeness (QED) is 0.541. The van der Waals surface area contributed by atoms with Crippen molar-refractivity contribution < 1.29 is 31.1 Å². The minimum absolute atomic E-state index is 0.130. The first-order valence-electron chi connectivity index (χ1n) is 12.9. The summed E-state index contributed by atoms with van der Waals surface area (Å²) >= 11 is 0. The number of rotatable bonds is 5. The molecular weight excluding hydrogens is 535 g/mol. The van der Waals surface area contributed by atoms with Crippen molar-refractivity contribution in [3.05, 3.63) is 47.9 Å². The molecule has 1 saturated carbocycles. The Morgan fingerprint density at radius 3 is 2.28 bits per heavy atom. The fourth-order valence-corrected chi connectivity index (χ4v) is 6.52. The Labute approximate surface area is 225 Å². The molecule has 3 heterocycles. The minimum atomic E-state index is -4.54. The number of carbonyl (C=O) groups excluding carboxylic acids is 1. The average molecular weight is 568 g/mol. The van der Waals surface area contributed by atoms with E-state index in [2.05, 4.69) is 14.9 Å². The van der Waals surface area contributed by atoms with Gasteiger partial charge in [-0.3, -0.25) is 4.90 Å². The van der Waals surface area contributed by atoms with Crippen LogP contribution in [0.2, 0.25) is 0 Å². The molecule has 1 aromatic heterocycles. The van der Waals surface area contributed by atoms with Crippen LogP contribution in [0.25, 0.3) is 0 Å². The van der Waals surface area contributed by atoms with Crippen LogP contribution < -0.4 is 4.90 Å². The van der Waals surface area contributed by atoms with Crippen molar-refractivity contribution in [2.75, 3.05) is 37.3 Å². The Bertz CT molecular complexity index is 1310. The van der Waals surface area contributed by atoms with E-state index >= 15 is 0 Å². The predicted molar refractivity (Wildman–Crippen MR) is 137 cm³/mol. The van der Waals surface area contributed by atoms with Gasteiger partial charge in [0, 0.05) is 56.5 Å². The summed E-state index contributed by atoms with van der Waals surface area (Å²) in [6.07, 6.45) is -0.360. The third kappa shape index (κ3) is 5.84. The van der Waals surface area contributed by atoms with E-state index in [4.69, 9.17) is 4.74 Å². The SMILES string of the molecule is C[C@@H]1CN(c2cnc(C(F)(F)F)cn2)[C@@H](C)CN1C(=O)OC1CC2(C1)CN(Cc1ccc(S(C)(=O)=O)cc1)C2. The fourth-order valence-electron chi connectivity index (χ4n) is 5.89. The molecule has 2 atom stereocenters. The Kier molecular flexibility index (Phi) is 7.03.